The van der Waals surface area contributed by atoms with Crippen molar-refractivity contribution in [1.29, 1.82) is 0 Å². The summed E-state index contributed by atoms with van der Waals surface area (Å²) in [5.74, 6) is 0.0542. The second-order valence-corrected chi connectivity index (χ2v) is 4.18. The topological polar surface area (TPSA) is 54.0 Å². The zero-order valence-corrected chi connectivity index (χ0v) is 9.99. The molecule has 0 unspecified atom stereocenters. The van der Waals surface area contributed by atoms with Gasteiger partial charge in [0.2, 0.25) is 5.91 Å². The Bertz CT molecular complexity index is 311. The Balaban J connectivity index is 2.12. The highest BCUT2D eigenvalue weighted by Crippen LogP contribution is 2.11. The molecule has 0 radical (unpaired) electrons. The van der Waals surface area contributed by atoms with E-state index in [2.05, 4.69) is 15.6 Å². The molecule has 1 rings (SSSR count). The Morgan fingerprint density at radius 1 is 1.60 bits per heavy atom. The molecule has 0 bridgehead atoms. The standard InChI is InChI=1S/C10H17N3OS/c1-3-12-10(14)6-11-5-4-9-8(2)13-7-15-9/h7,11H,3-6H2,1-2H3,(H,12,14). The van der Waals surface area contributed by atoms with Crippen LogP contribution in [-0.4, -0.2) is 30.5 Å². The quantitative estimate of drug-likeness (QED) is 0.704. The van der Waals surface area contributed by atoms with Crippen molar-refractivity contribution >= 4 is 17.2 Å². The number of carbonyl (C=O) groups is 1. The number of hydrogen-bond acceptors (Lipinski definition) is 4. The molecular formula is C10H17N3OS. The first-order valence-corrected chi connectivity index (χ1v) is 5.98. The van der Waals surface area contributed by atoms with E-state index in [1.54, 1.807) is 11.3 Å². The van der Waals surface area contributed by atoms with Gasteiger partial charge in [0.1, 0.15) is 0 Å². The lowest BCUT2D eigenvalue weighted by atomic mass is 10.3. The molecule has 0 spiro atoms. The van der Waals surface area contributed by atoms with E-state index in [0.29, 0.717) is 13.1 Å². The highest BCUT2D eigenvalue weighted by molar-refractivity contribution is 7.09. The van der Waals surface area contributed by atoms with Gasteiger partial charge in [0, 0.05) is 18.0 Å². The van der Waals surface area contributed by atoms with Crippen molar-refractivity contribution in [2.45, 2.75) is 20.3 Å². The average Bonchev–Trinajstić information content (AvgIpc) is 2.60. The number of hydrogen-bond donors (Lipinski definition) is 2. The summed E-state index contributed by atoms with van der Waals surface area (Å²) in [6.07, 6.45) is 0.940. The van der Waals surface area contributed by atoms with Gasteiger partial charge in [-0.25, -0.2) is 4.98 Å². The van der Waals surface area contributed by atoms with Crippen LogP contribution in [0.2, 0.25) is 0 Å². The first kappa shape index (κ1) is 12.1. The van der Waals surface area contributed by atoms with E-state index in [1.807, 2.05) is 19.4 Å². The van der Waals surface area contributed by atoms with Crippen molar-refractivity contribution < 1.29 is 4.79 Å². The van der Waals surface area contributed by atoms with Crippen molar-refractivity contribution in [2.24, 2.45) is 0 Å². The molecule has 1 aromatic heterocycles. The van der Waals surface area contributed by atoms with E-state index in [1.165, 1.54) is 4.88 Å². The molecule has 0 aliphatic heterocycles. The van der Waals surface area contributed by atoms with Gasteiger partial charge in [-0.2, -0.15) is 0 Å². The fourth-order valence-electron chi connectivity index (χ4n) is 1.23. The zero-order chi connectivity index (χ0) is 11.1. The molecule has 4 nitrogen and oxygen atoms in total. The summed E-state index contributed by atoms with van der Waals surface area (Å²) in [5, 5.41) is 5.84. The lowest BCUT2D eigenvalue weighted by Gasteiger charge is -2.04. The maximum absolute atomic E-state index is 11.1. The molecule has 0 fully saturated rings. The lowest BCUT2D eigenvalue weighted by molar-refractivity contribution is -0.120. The van der Waals surface area contributed by atoms with Crippen molar-refractivity contribution in [2.75, 3.05) is 19.6 Å². The number of nitrogens with zero attached hydrogens (tertiary/aromatic N) is 1. The van der Waals surface area contributed by atoms with Crippen LogP contribution in [0.25, 0.3) is 0 Å². The second kappa shape index (κ2) is 6.53. The van der Waals surface area contributed by atoms with E-state index in [4.69, 9.17) is 0 Å². The molecule has 0 saturated heterocycles. The highest BCUT2D eigenvalue weighted by Gasteiger charge is 2.01. The number of likely N-dealkylation sites (N-methyl/N-ethyl adjacent to an activating group) is 1. The van der Waals surface area contributed by atoms with Gasteiger partial charge in [-0.15, -0.1) is 11.3 Å². The normalized spacial score (nSPS) is 10.3. The number of rotatable bonds is 6. The average molecular weight is 227 g/mol. The number of carbonyl (C=O) groups excluding carboxylic acids is 1. The summed E-state index contributed by atoms with van der Waals surface area (Å²) in [6.45, 7) is 5.83. The molecule has 0 saturated carbocycles. The van der Waals surface area contributed by atoms with Gasteiger partial charge in [0.15, 0.2) is 0 Å². The maximum atomic E-state index is 11.1. The number of aryl methyl sites for hydroxylation is 1. The first-order chi connectivity index (χ1) is 7.24. The fraction of sp³-hybridized carbons (Fsp3) is 0.600. The highest BCUT2D eigenvalue weighted by atomic mass is 32.1. The predicted octanol–water partition coefficient (Wildman–Crippen LogP) is 0.720. The van der Waals surface area contributed by atoms with Crippen molar-refractivity contribution in [3.8, 4) is 0 Å². The molecule has 1 aromatic rings. The molecule has 1 heterocycles. The largest absolute Gasteiger partial charge is 0.355 e. The van der Waals surface area contributed by atoms with Crippen LogP contribution in [0.5, 0.6) is 0 Å². The third kappa shape index (κ3) is 4.40. The maximum Gasteiger partial charge on any atom is 0.233 e. The van der Waals surface area contributed by atoms with Crippen LogP contribution >= 0.6 is 11.3 Å². The predicted molar refractivity (Wildman–Crippen MR) is 62.1 cm³/mol. The summed E-state index contributed by atoms with van der Waals surface area (Å²) in [6, 6.07) is 0. The molecule has 5 heteroatoms. The lowest BCUT2D eigenvalue weighted by Crippen LogP contribution is -2.34. The molecule has 1 amide bonds. The minimum Gasteiger partial charge on any atom is -0.355 e. The van der Waals surface area contributed by atoms with Crippen LogP contribution in [0.4, 0.5) is 0 Å². The number of nitrogens with one attached hydrogen (secondary N) is 2. The number of aromatic nitrogens is 1. The van der Waals surface area contributed by atoms with Gasteiger partial charge in [-0.3, -0.25) is 4.79 Å². The van der Waals surface area contributed by atoms with Gasteiger partial charge < -0.3 is 10.6 Å². The van der Waals surface area contributed by atoms with Gasteiger partial charge in [0.05, 0.1) is 17.7 Å². The van der Waals surface area contributed by atoms with Crippen molar-refractivity contribution in [3.05, 3.63) is 16.1 Å². The van der Waals surface area contributed by atoms with E-state index < -0.39 is 0 Å². The Morgan fingerprint density at radius 3 is 3.00 bits per heavy atom. The SMILES string of the molecule is CCNC(=O)CNCCc1scnc1C. The zero-order valence-electron chi connectivity index (χ0n) is 9.17. The summed E-state index contributed by atoms with van der Waals surface area (Å²) < 4.78 is 0. The monoisotopic (exact) mass is 227 g/mol. The second-order valence-electron chi connectivity index (χ2n) is 3.24. The van der Waals surface area contributed by atoms with Gasteiger partial charge in [-0.1, -0.05) is 0 Å². The van der Waals surface area contributed by atoms with Gasteiger partial charge in [0.25, 0.3) is 0 Å². The van der Waals surface area contributed by atoms with Crippen LogP contribution in [0.3, 0.4) is 0 Å². The molecule has 84 valence electrons. The molecule has 0 atom stereocenters. The van der Waals surface area contributed by atoms with E-state index in [0.717, 1.165) is 18.7 Å². The van der Waals surface area contributed by atoms with Crippen LogP contribution in [-0.2, 0) is 11.2 Å². The third-order valence-electron chi connectivity index (χ3n) is 2.03. The minimum absolute atomic E-state index is 0.0542. The molecule has 15 heavy (non-hydrogen) atoms. The van der Waals surface area contributed by atoms with Gasteiger partial charge in [-0.05, 0) is 20.3 Å². The molecular weight excluding hydrogens is 210 g/mol. The first-order valence-electron chi connectivity index (χ1n) is 5.10. The number of amides is 1. The molecule has 2 N–H and O–H groups in total. The summed E-state index contributed by atoms with van der Waals surface area (Å²) in [5.41, 5.74) is 2.95. The van der Waals surface area contributed by atoms with Crippen LogP contribution in [0.1, 0.15) is 17.5 Å². The molecule has 0 aromatic carbocycles. The van der Waals surface area contributed by atoms with Crippen molar-refractivity contribution in [3.63, 3.8) is 0 Å². The van der Waals surface area contributed by atoms with Crippen molar-refractivity contribution in [1.82, 2.24) is 15.6 Å². The third-order valence-corrected chi connectivity index (χ3v) is 3.03. The Morgan fingerprint density at radius 2 is 2.40 bits per heavy atom. The smallest absolute Gasteiger partial charge is 0.233 e. The molecule has 0 aliphatic rings. The minimum atomic E-state index is 0.0542. The Kier molecular flexibility index (Phi) is 5.28. The van der Waals surface area contributed by atoms with E-state index >= 15 is 0 Å². The van der Waals surface area contributed by atoms with E-state index in [9.17, 15) is 4.79 Å². The van der Waals surface area contributed by atoms with E-state index in [-0.39, 0.29) is 5.91 Å². The Labute approximate surface area is 94.1 Å². The van der Waals surface area contributed by atoms with Crippen LogP contribution < -0.4 is 10.6 Å². The summed E-state index contributed by atoms with van der Waals surface area (Å²) in [4.78, 5) is 16.5. The Hall–Kier alpha value is -0.940. The molecule has 0 aliphatic carbocycles. The summed E-state index contributed by atoms with van der Waals surface area (Å²) >= 11 is 1.67. The fourth-order valence-corrected chi connectivity index (χ4v) is 2.01. The van der Waals surface area contributed by atoms with Crippen LogP contribution in [0.15, 0.2) is 5.51 Å². The number of thiazole rings is 1. The summed E-state index contributed by atoms with van der Waals surface area (Å²) in [7, 11) is 0. The van der Waals surface area contributed by atoms with Gasteiger partial charge >= 0.3 is 0 Å². The van der Waals surface area contributed by atoms with Crippen LogP contribution in [0, 0.1) is 6.92 Å².